The Balaban J connectivity index is 3.29. The molecule has 0 saturated carbocycles. The first kappa shape index (κ1) is 16.2. The van der Waals surface area contributed by atoms with E-state index in [9.17, 15) is 28.4 Å². The highest BCUT2D eigenvalue weighted by Gasteiger charge is 2.36. The minimum Gasteiger partial charge on any atom is -0.389 e. The van der Waals surface area contributed by atoms with Crippen molar-refractivity contribution in [3.8, 4) is 0 Å². The smallest absolute Gasteiger partial charge is 0.389 e. The number of likely N-dealkylation sites (N-methyl/N-ethyl adjacent to an activating group) is 1. The molecule has 1 aromatic carbocycles. The molecule has 0 aliphatic carbocycles. The van der Waals surface area contributed by atoms with Gasteiger partial charge in [0.25, 0.3) is 5.69 Å². The molecule has 8 heteroatoms. The number of alkyl halides is 3. The van der Waals surface area contributed by atoms with E-state index in [1.165, 1.54) is 25.8 Å². The molecular weight excluding hydrogens is 277 g/mol. The van der Waals surface area contributed by atoms with E-state index in [0.717, 1.165) is 12.1 Å². The van der Waals surface area contributed by atoms with Crippen molar-refractivity contribution < 1.29 is 23.2 Å². The van der Waals surface area contributed by atoms with Crippen LogP contribution in [0.3, 0.4) is 0 Å². The Morgan fingerprint density at radius 1 is 1.35 bits per heavy atom. The molecule has 0 unspecified atom stereocenters. The summed E-state index contributed by atoms with van der Waals surface area (Å²) in [5, 5.41) is 20.2. The Kier molecular flexibility index (Phi) is 4.28. The summed E-state index contributed by atoms with van der Waals surface area (Å²) in [4.78, 5) is 10.9. The van der Waals surface area contributed by atoms with Gasteiger partial charge in [0.05, 0.1) is 16.1 Å². The van der Waals surface area contributed by atoms with Gasteiger partial charge in [-0.2, -0.15) is 13.2 Å². The highest BCUT2D eigenvalue weighted by molar-refractivity contribution is 5.59. The topological polar surface area (TPSA) is 66.6 Å². The molecule has 0 radical (unpaired) electrons. The molecular formula is C12H15F3N2O3. The van der Waals surface area contributed by atoms with E-state index in [1.54, 1.807) is 0 Å². The maximum Gasteiger partial charge on any atom is 0.418 e. The zero-order chi connectivity index (χ0) is 15.7. The van der Waals surface area contributed by atoms with Crippen LogP contribution in [-0.4, -0.2) is 29.2 Å². The average Bonchev–Trinajstić information content (AvgIpc) is 2.24. The van der Waals surface area contributed by atoms with Crippen LogP contribution in [0.4, 0.5) is 24.5 Å². The number of hydrogen-bond acceptors (Lipinski definition) is 4. The predicted octanol–water partition coefficient (Wildman–Crippen LogP) is 2.82. The number of halogens is 3. The Morgan fingerprint density at radius 3 is 2.30 bits per heavy atom. The van der Waals surface area contributed by atoms with Gasteiger partial charge in [-0.25, -0.2) is 0 Å². The first-order chi connectivity index (χ1) is 8.92. The normalized spacial score (nSPS) is 12.3. The highest BCUT2D eigenvalue weighted by Crippen LogP contribution is 2.38. The molecule has 20 heavy (non-hydrogen) atoms. The zero-order valence-corrected chi connectivity index (χ0v) is 11.2. The summed E-state index contributed by atoms with van der Waals surface area (Å²) >= 11 is 0. The molecule has 0 heterocycles. The van der Waals surface area contributed by atoms with E-state index < -0.39 is 28.0 Å². The van der Waals surface area contributed by atoms with E-state index in [1.807, 2.05) is 0 Å². The minimum atomic E-state index is -4.71. The number of aliphatic hydroxyl groups is 1. The van der Waals surface area contributed by atoms with Gasteiger partial charge in [0.2, 0.25) is 0 Å². The minimum absolute atomic E-state index is 0.0477. The number of hydrogen-bond donors (Lipinski definition) is 1. The van der Waals surface area contributed by atoms with Crippen molar-refractivity contribution >= 4 is 11.4 Å². The summed E-state index contributed by atoms with van der Waals surface area (Å²) in [6.45, 7) is 2.87. The molecule has 0 aliphatic rings. The summed E-state index contributed by atoms with van der Waals surface area (Å²) in [6.07, 6.45) is -4.71. The van der Waals surface area contributed by atoms with Crippen LogP contribution in [0.1, 0.15) is 19.4 Å². The summed E-state index contributed by atoms with van der Waals surface area (Å²) < 4.78 is 38.9. The molecule has 0 atom stereocenters. The van der Waals surface area contributed by atoms with Crippen molar-refractivity contribution in [2.45, 2.75) is 25.6 Å². The van der Waals surface area contributed by atoms with Gasteiger partial charge >= 0.3 is 6.18 Å². The molecule has 0 saturated heterocycles. The third-order valence-electron chi connectivity index (χ3n) is 2.53. The van der Waals surface area contributed by atoms with Gasteiger partial charge in [0.15, 0.2) is 0 Å². The molecule has 1 rings (SSSR count). The molecule has 1 N–H and O–H groups in total. The van der Waals surface area contributed by atoms with Crippen LogP contribution in [0.2, 0.25) is 0 Å². The fourth-order valence-electron chi connectivity index (χ4n) is 1.86. The van der Waals surface area contributed by atoms with Crippen LogP contribution in [0.5, 0.6) is 0 Å². The SMILES string of the molecule is CN(CC(C)(C)O)c1ccc([N+](=O)[O-])cc1C(F)(F)F. The average molecular weight is 292 g/mol. The lowest BCUT2D eigenvalue weighted by atomic mass is 10.1. The first-order valence-corrected chi connectivity index (χ1v) is 5.71. The van der Waals surface area contributed by atoms with Gasteiger partial charge in [-0.05, 0) is 19.9 Å². The largest absolute Gasteiger partial charge is 0.418 e. The Hall–Kier alpha value is -1.83. The van der Waals surface area contributed by atoms with Crippen molar-refractivity contribution in [2.24, 2.45) is 0 Å². The quantitative estimate of drug-likeness (QED) is 0.684. The van der Waals surface area contributed by atoms with E-state index in [-0.39, 0.29) is 12.2 Å². The lowest BCUT2D eigenvalue weighted by molar-refractivity contribution is -0.385. The summed E-state index contributed by atoms with van der Waals surface area (Å²) in [5.41, 5.74) is -3.14. The van der Waals surface area contributed by atoms with Crippen LogP contribution in [0, 0.1) is 10.1 Å². The van der Waals surface area contributed by atoms with E-state index >= 15 is 0 Å². The van der Waals surface area contributed by atoms with Gasteiger partial charge in [0.1, 0.15) is 0 Å². The number of benzene rings is 1. The lowest BCUT2D eigenvalue weighted by Gasteiger charge is -2.29. The van der Waals surface area contributed by atoms with Crippen LogP contribution in [0.15, 0.2) is 18.2 Å². The fraction of sp³-hybridized carbons (Fsp3) is 0.500. The first-order valence-electron chi connectivity index (χ1n) is 5.71. The Bertz CT molecular complexity index is 510. The maximum atomic E-state index is 13.0. The molecule has 112 valence electrons. The Labute approximate surface area is 113 Å². The number of nitro groups is 1. The van der Waals surface area contributed by atoms with E-state index in [4.69, 9.17) is 0 Å². The standard InChI is InChI=1S/C12H15F3N2O3/c1-11(2,18)7-16(3)10-5-4-8(17(19)20)6-9(10)12(13,14)15/h4-6,18H,7H2,1-3H3. The van der Waals surface area contributed by atoms with E-state index in [2.05, 4.69) is 0 Å². The van der Waals surface area contributed by atoms with Gasteiger partial charge < -0.3 is 10.0 Å². The third-order valence-corrected chi connectivity index (χ3v) is 2.53. The molecule has 1 aromatic rings. The molecule has 5 nitrogen and oxygen atoms in total. The van der Waals surface area contributed by atoms with Gasteiger partial charge in [-0.3, -0.25) is 10.1 Å². The van der Waals surface area contributed by atoms with Crippen molar-refractivity contribution in [1.82, 2.24) is 0 Å². The number of non-ortho nitro benzene ring substituents is 1. The molecule has 0 bridgehead atoms. The monoisotopic (exact) mass is 292 g/mol. The predicted molar refractivity (Wildman–Crippen MR) is 67.7 cm³/mol. The van der Waals surface area contributed by atoms with Crippen LogP contribution < -0.4 is 4.90 Å². The van der Waals surface area contributed by atoms with Crippen LogP contribution in [-0.2, 0) is 6.18 Å². The zero-order valence-electron chi connectivity index (χ0n) is 11.2. The summed E-state index contributed by atoms with van der Waals surface area (Å²) in [7, 11) is 1.38. The second-order valence-electron chi connectivity index (χ2n) is 5.12. The van der Waals surface area contributed by atoms with Gasteiger partial charge in [-0.1, -0.05) is 0 Å². The van der Waals surface area contributed by atoms with Crippen LogP contribution in [0.25, 0.3) is 0 Å². The van der Waals surface area contributed by atoms with Gasteiger partial charge in [0, 0.05) is 31.4 Å². The summed E-state index contributed by atoms with van der Waals surface area (Å²) in [5.74, 6) is 0. The third kappa shape index (κ3) is 4.09. The lowest BCUT2D eigenvalue weighted by Crippen LogP contribution is -2.37. The van der Waals surface area contributed by atoms with Crippen molar-refractivity contribution in [3.05, 3.63) is 33.9 Å². The molecule has 0 spiro atoms. The van der Waals surface area contributed by atoms with Crippen molar-refractivity contribution in [2.75, 3.05) is 18.5 Å². The number of nitrogens with zero attached hydrogens (tertiary/aromatic N) is 2. The highest BCUT2D eigenvalue weighted by atomic mass is 19.4. The fourth-order valence-corrected chi connectivity index (χ4v) is 1.86. The second-order valence-corrected chi connectivity index (χ2v) is 5.12. The molecule has 0 aromatic heterocycles. The maximum absolute atomic E-state index is 13.0. The molecule has 0 aliphatic heterocycles. The van der Waals surface area contributed by atoms with Crippen LogP contribution >= 0.6 is 0 Å². The second kappa shape index (κ2) is 5.28. The van der Waals surface area contributed by atoms with E-state index in [0.29, 0.717) is 6.07 Å². The van der Waals surface area contributed by atoms with Crippen molar-refractivity contribution in [3.63, 3.8) is 0 Å². The Morgan fingerprint density at radius 2 is 1.90 bits per heavy atom. The molecule has 0 fully saturated rings. The van der Waals surface area contributed by atoms with Gasteiger partial charge in [-0.15, -0.1) is 0 Å². The summed E-state index contributed by atoms with van der Waals surface area (Å²) in [6, 6.07) is 2.54. The number of rotatable bonds is 4. The number of anilines is 1. The number of nitro benzene ring substituents is 1. The molecule has 0 amide bonds. The van der Waals surface area contributed by atoms with Crippen molar-refractivity contribution in [1.29, 1.82) is 0 Å².